The van der Waals surface area contributed by atoms with Crippen LogP contribution in [0.2, 0.25) is 0 Å². The van der Waals surface area contributed by atoms with Crippen molar-refractivity contribution in [3.8, 4) is 5.75 Å². The van der Waals surface area contributed by atoms with Gasteiger partial charge in [-0.3, -0.25) is 5.32 Å². The number of carbonyl (C=O) groups excluding carboxylic acids is 1. The first-order valence-electron chi connectivity index (χ1n) is 7.98. The number of rotatable bonds is 6. The van der Waals surface area contributed by atoms with Crippen molar-refractivity contribution in [1.29, 1.82) is 0 Å². The molecule has 0 aliphatic rings. The molecule has 4 nitrogen and oxygen atoms in total. The summed E-state index contributed by atoms with van der Waals surface area (Å²) >= 11 is 0. The lowest BCUT2D eigenvalue weighted by Crippen LogP contribution is -2.15. The first-order chi connectivity index (χ1) is 11.5. The Kier molecular flexibility index (Phi) is 6.18. The van der Waals surface area contributed by atoms with Gasteiger partial charge >= 0.3 is 6.09 Å². The quantitative estimate of drug-likeness (QED) is 0.823. The van der Waals surface area contributed by atoms with E-state index in [1.807, 2.05) is 19.1 Å². The molecule has 5 heteroatoms. The largest absolute Gasteiger partial charge is 0.489 e. The summed E-state index contributed by atoms with van der Waals surface area (Å²) in [5.41, 5.74) is 3.29. The fourth-order valence-electron chi connectivity index (χ4n) is 2.32. The number of nitrogens with one attached hydrogen (secondary N) is 1. The van der Waals surface area contributed by atoms with Crippen LogP contribution in [0.1, 0.15) is 30.5 Å². The van der Waals surface area contributed by atoms with E-state index in [1.165, 1.54) is 17.7 Å². The first-order valence-corrected chi connectivity index (χ1v) is 7.98. The predicted molar refractivity (Wildman–Crippen MR) is 91.9 cm³/mol. The van der Waals surface area contributed by atoms with Gasteiger partial charge in [-0.15, -0.1) is 0 Å². The molecule has 0 saturated heterocycles. The van der Waals surface area contributed by atoms with Crippen molar-refractivity contribution < 1.29 is 18.7 Å². The smallest absolute Gasteiger partial charge is 0.411 e. The molecule has 0 unspecified atom stereocenters. The molecule has 2 aromatic rings. The van der Waals surface area contributed by atoms with Crippen LogP contribution in [0, 0.1) is 12.7 Å². The van der Waals surface area contributed by atoms with Gasteiger partial charge in [0, 0.05) is 5.56 Å². The average Bonchev–Trinajstić information content (AvgIpc) is 2.55. The van der Waals surface area contributed by atoms with Gasteiger partial charge in [-0.25, -0.2) is 9.18 Å². The van der Waals surface area contributed by atoms with Crippen molar-refractivity contribution in [2.75, 3.05) is 11.9 Å². The summed E-state index contributed by atoms with van der Waals surface area (Å²) in [6, 6.07) is 10.2. The van der Waals surface area contributed by atoms with E-state index in [2.05, 4.69) is 18.3 Å². The first kappa shape index (κ1) is 17.8. The Morgan fingerprint density at radius 2 is 1.96 bits per heavy atom. The number of amides is 1. The molecule has 0 saturated carbocycles. The average molecular weight is 331 g/mol. The monoisotopic (exact) mass is 331 g/mol. The van der Waals surface area contributed by atoms with Crippen LogP contribution in [0.25, 0.3) is 0 Å². The van der Waals surface area contributed by atoms with E-state index < -0.39 is 11.9 Å². The zero-order valence-electron chi connectivity index (χ0n) is 14.2. The molecule has 2 aromatic carbocycles. The van der Waals surface area contributed by atoms with E-state index >= 15 is 0 Å². The molecule has 0 aromatic heterocycles. The highest BCUT2D eigenvalue weighted by molar-refractivity contribution is 5.85. The maximum absolute atomic E-state index is 13.5. The summed E-state index contributed by atoms with van der Waals surface area (Å²) in [5.74, 6) is 0.327. The van der Waals surface area contributed by atoms with Gasteiger partial charge in [0.1, 0.15) is 18.2 Å². The van der Waals surface area contributed by atoms with E-state index in [9.17, 15) is 9.18 Å². The molecule has 0 aliphatic heterocycles. The minimum absolute atomic E-state index is 0.217. The van der Waals surface area contributed by atoms with Crippen LogP contribution in [-0.2, 0) is 17.8 Å². The molecule has 1 amide bonds. The third kappa shape index (κ3) is 4.72. The molecule has 0 spiro atoms. The second-order valence-electron chi connectivity index (χ2n) is 5.39. The number of carbonyl (C=O) groups is 1. The van der Waals surface area contributed by atoms with Crippen LogP contribution in [-0.4, -0.2) is 12.7 Å². The Morgan fingerprint density at radius 3 is 2.62 bits per heavy atom. The zero-order chi connectivity index (χ0) is 17.5. The molecule has 0 fully saturated rings. The normalized spacial score (nSPS) is 10.3. The highest BCUT2D eigenvalue weighted by Crippen LogP contribution is 2.23. The van der Waals surface area contributed by atoms with Crippen LogP contribution in [0.4, 0.5) is 14.9 Å². The Hall–Kier alpha value is -2.56. The maximum Gasteiger partial charge on any atom is 0.411 e. The lowest BCUT2D eigenvalue weighted by Gasteiger charge is -2.14. The van der Waals surface area contributed by atoms with Gasteiger partial charge in [-0.2, -0.15) is 0 Å². The molecule has 0 radical (unpaired) electrons. The minimum atomic E-state index is -0.618. The van der Waals surface area contributed by atoms with E-state index in [-0.39, 0.29) is 13.2 Å². The van der Waals surface area contributed by atoms with Crippen molar-refractivity contribution in [3.05, 3.63) is 58.9 Å². The van der Waals surface area contributed by atoms with Gasteiger partial charge in [0.2, 0.25) is 0 Å². The summed E-state index contributed by atoms with van der Waals surface area (Å²) in [6.07, 6.45) is 0.347. The summed E-state index contributed by atoms with van der Waals surface area (Å²) in [7, 11) is 0. The lowest BCUT2D eigenvalue weighted by molar-refractivity contribution is 0.168. The number of aryl methyl sites for hydroxylation is 2. The van der Waals surface area contributed by atoms with Gasteiger partial charge < -0.3 is 9.47 Å². The molecule has 0 heterocycles. The van der Waals surface area contributed by atoms with Crippen molar-refractivity contribution in [3.63, 3.8) is 0 Å². The van der Waals surface area contributed by atoms with Gasteiger partial charge in [-0.1, -0.05) is 25.1 Å². The number of benzene rings is 2. The third-order valence-electron chi connectivity index (χ3n) is 3.61. The van der Waals surface area contributed by atoms with Gasteiger partial charge in [0.05, 0.1) is 12.3 Å². The second-order valence-corrected chi connectivity index (χ2v) is 5.39. The molecular weight excluding hydrogens is 309 g/mol. The SMILES string of the molecule is CCOC(=O)Nc1cc(F)ccc1COc1ccc(CC)cc1C. The van der Waals surface area contributed by atoms with E-state index in [4.69, 9.17) is 9.47 Å². The minimum Gasteiger partial charge on any atom is -0.489 e. The predicted octanol–water partition coefficient (Wildman–Crippen LogP) is 4.84. The molecule has 0 bridgehead atoms. The van der Waals surface area contributed by atoms with Crippen LogP contribution in [0.15, 0.2) is 36.4 Å². The van der Waals surface area contributed by atoms with E-state index in [1.54, 1.807) is 13.0 Å². The van der Waals surface area contributed by atoms with Crippen LogP contribution < -0.4 is 10.1 Å². The summed E-state index contributed by atoms with van der Waals surface area (Å²) < 4.78 is 24.1. The third-order valence-corrected chi connectivity index (χ3v) is 3.61. The molecule has 0 atom stereocenters. The van der Waals surface area contributed by atoms with E-state index in [0.717, 1.165) is 17.7 Å². The lowest BCUT2D eigenvalue weighted by atomic mass is 10.1. The van der Waals surface area contributed by atoms with Crippen molar-refractivity contribution in [2.45, 2.75) is 33.8 Å². The number of halogens is 1. The van der Waals surface area contributed by atoms with Crippen LogP contribution >= 0.6 is 0 Å². The fraction of sp³-hybridized carbons (Fsp3) is 0.316. The Labute approximate surface area is 141 Å². The Balaban J connectivity index is 2.13. The molecule has 0 aliphatic carbocycles. The molecule has 1 N–H and O–H groups in total. The molecule has 128 valence electrons. The van der Waals surface area contributed by atoms with E-state index in [0.29, 0.717) is 11.3 Å². The molecule has 24 heavy (non-hydrogen) atoms. The number of hydrogen-bond donors (Lipinski definition) is 1. The molecule has 2 rings (SSSR count). The van der Waals surface area contributed by atoms with Gasteiger partial charge in [0.15, 0.2) is 0 Å². The standard InChI is InChI=1S/C19H22FNO3/c1-4-14-6-9-18(13(3)10-14)24-12-15-7-8-16(20)11-17(15)21-19(22)23-5-2/h6-11H,4-5,12H2,1-3H3,(H,21,22). The highest BCUT2D eigenvalue weighted by Gasteiger charge is 2.10. The highest BCUT2D eigenvalue weighted by atomic mass is 19.1. The second kappa shape index (κ2) is 8.34. The zero-order valence-corrected chi connectivity index (χ0v) is 14.2. The maximum atomic E-state index is 13.5. The van der Waals surface area contributed by atoms with Crippen molar-refractivity contribution >= 4 is 11.8 Å². The Morgan fingerprint density at radius 1 is 1.17 bits per heavy atom. The fourth-order valence-corrected chi connectivity index (χ4v) is 2.32. The van der Waals surface area contributed by atoms with Gasteiger partial charge in [0.25, 0.3) is 0 Å². The Bertz CT molecular complexity index is 716. The topological polar surface area (TPSA) is 47.6 Å². The summed E-state index contributed by atoms with van der Waals surface area (Å²) in [6.45, 7) is 6.25. The van der Waals surface area contributed by atoms with Crippen LogP contribution in [0.3, 0.4) is 0 Å². The van der Waals surface area contributed by atoms with Gasteiger partial charge in [-0.05, 0) is 49.6 Å². The number of hydrogen-bond acceptors (Lipinski definition) is 3. The number of anilines is 1. The van der Waals surface area contributed by atoms with Crippen LogP contribution in [0.5, 0.6) is 5.75 Å². The summed E-state index contributed by atoms with van der Waals surface area (Å²) in [5, 5.41) is 2.54. The molecular formula is C19H22FNO3. The summed E-state index contributed by atoms with van der Waals surface area (Å²) in [4.78, 5) is 11.6. The number of ether oxygens (including phenoxy) is 2. The van der Waals surface area contributed by atoms with Crippen molar-refractivity contribution in [2.24, 2.45) is 0 Å². The van der Waals surface area contributed by atoms with Crippen molar-refractivity contribution in [1.82, 2.24) is 0 Å².